The van der Waals surface area contributed by atoms with Crippen LogP contribution >= 0.6 is 11.6 Å². The molecule has 0 aliphatic heterocycles. The number of fused-ring (bicyclic) bond motifs is 1. The van der Waals surface area contributed by atoms with Gasteiger partial charge in [-0.2, -0.15) is 0 Å². The van der Waals surface area contributed by atoms with Crippen LogP contribution in [0.3, 0.4) is 0 Å². The number of nitrogens with zero attached hydrogens (tertiary/aromatic N) is 1. The summed E-state index contributed by atoms with van der Waals surface area (Å²) in [5.41, 5.74) is 1.39. The SMILES string of the molecule is COc1ccc(OCC(=O)Nc2ccnc3cc(Cl)ccc23)cc1. The molecule has 6 heteroatoms. The third-order valence-electron chi connectivity index (χ3n) is 3.41. The number of carbonyl (C=O) groups excluding carboxylic acids is 1. The highest BCUT2D eigenvalue weighted by molar-refractivity contribution is 6.31. The number of rotatable bonds is 5. The van der Waals surface area contributed by atoms with Crippen LogP contribution in [0.5, 0.6) is 11.5 Å². The number of hydrogen-bond acceptors (Lipinski definition) is 4. The molecule has 0 fully saturated rings. The first-order valence-corrected chi connectivity index (χ1v) is 7.64. The van der Waals surface area contributed by atoms with Gasteiger partial charge >= 0.3 is 0 Å². The summed E-state index contributed by atoms with van der Waals surface area (Å²) in [6.07, 6.45) is 1.62. The Hall–Kier alpha value is -2.79. The molecule has 1 aromatic heterocycles. The van der Waals surface area contributed by atoms with Crippen LogP contribution in [-0.2, 0) is 4.79 Å². The molecule has 1 heterocycles. The highest BCUT2D eigenvalue weighted by Crippen LogP contribution is 2.24. The van der Waals surface area contributed by atoms with E-state index in [2.05, 4.69) is 10.3 Å². The van der Waals surface area contributed by atoms with Crippen molar-refractivity contribution in [2.75, 3.05) is 19.0 Å². The third-order valence-corrected chi connectivity index (χ3v) is 3.64. The van der Waals surface area contributed by atoms with Crippen molar-refractivity contribution in [2.24, 2.45) is 0 Å². The lowest BCUT2D eigenvalue weighted by atomic mass is 10.2. The van der Waals surface area contributed by atoms with Crippen molar-refractivity contribution in [1.82, 2.24) is 4.98 Å². The van der Waals surface area contributed by atoms with Crippen molar-refractivity contribution in [2.45, 2.75) is 0 Å². The molecule has 0 bridgehead atoms. The Labute approximate surface area is 144 Å². The van der Waals surface area contributed by atoms with E-state index >= 15 is 0 Å². The summed E-state index contributed by atoms with van der Waals surface area (Å²) in [6.45, 7) is -0.0935. The van der Waals surface area contributed by atoms with Gasteiger partial charge < -0.3 is 14.8 Å². The molecule has 0 saturated carbocycles. The molecule has 0 radical (unpaired) electrons. The van der Waals surface area contributed by atoms with Gasteiger partial charge in [0.2, 0.25) is 0 Å². The number of amides is 1. The van der Waals surface area contributed by atoms with Crippen molar-refractivity contribution in [3.05, 3.63) is 59.8 Å². The molecular weight excluding hydrogens is 328 g/mol. The summed E-state index contributed by atoms with van der Waals surface area (Å²) in [6, 6.07) is 14.1. The summed E-state index contributed by atoms with van der Waals surface area (Å²) >= 11 is 5.96. The normalized spacial score (nSPS) is 10.4. The molecule has 0 aliphatic carbocycles. The van der Waals surface area contributed by atoms with E-state index in [-0.39, 0.29) is 12.5 Å². The summed E-state index contributed by atoms with van der Waals surface area (Å²) in [5, 5.41) is 4.24. The van der Waals surface area contributed by atoms with Crippen molar-refractivity contribution in [3.8, 4) is 11.5 Å². The molecule has 0 saturated heterocycles. The number of carbonyl (C=O) groups is 1. The second kappa shape index (κ2) is 7.19. The van der Waals surface area contributed by atoms with E-state index in [0.717, 1.165) is 16.7 Å². The minimum Gasteiger partial charge on any atom is -0.497 e. The number of aromatic nitrogens is 1. The van der Waals surface area contributed by atoms with Crippen LogP contribution in [-0.4, -0.2) is 24.6 Å². The maximum atomic E-state index is 12.1. The van der Waals surface area contributed by atoms with Gasteiger partial charge in [0.1, 0.15) is 11.5 Å². The number of ether oxygens (including phenoxy) is 2. The second-order valence-corrected chi connectivity index (χ2v) is 5.47. The standard InChI is InChI=1S/C18H15ClN2O3/c1-23-13-3-5-14(6-4-13)24-11-18(22)21-16-8-9-20-17-10-12(19)2-7-15(16)17/h2-10H,11H2,1H3,(H,20,21,22). The Morgan fingerprint density at radius 1 is 1.12 bits per heavy atom. The van der Waals surface area contributed by atoms with Crippen LogP contribution in [0.25, 0.3) is 10.9 Å². The number of hydrogen-bond donors (Lipinski definition) is 1. The van der Waals surface area contributed by atoms with Crippen LogP contribution < -0.4 is 14.8 Å². The van der Waals surface area contributed by atoms with E-state index < -0.39 is 0 Å². The topological polar surface area (TPSA) is 60.5 Å². The van der Waals surface area contributed by atoms with Gasteiger partial charge in [-0.3, -0.25) is 9.78 Å². The second-order valence-electron chi connectivity index (χ2n) is 5.03. The smallest absolute Gasteiger partial charge is 0.262 e. The fraction of sp³-hybridized carbons (Fsp3) is 0.111. The van der Waals surface area contributed by atoms with Gasteiger partial charge in [0.25, 0.3) is 5.91 Å². The number of benzene rings is 2. The van der Waals surface area contributed by atoms with Gasteiger partial charge in [-0.1, -0.05) is 11.6 Å². The first kappa shape index (κ1) is 16.1. The lowest BCUT2D eigenvalue weighted by Crippen LogP contribution is -2.20. The molecule has 0 unspecified atom stereocenters. The zero-order chi connectivity index (χ0) is 16.9. The molecule has 1 amide bonds. The molecular formula is C18H15ClN2O3. The fourth-order valence-corrected chi connectivity index (χ4v) is 2.40. The summed E-state index contributed by atoms with van der Waals surface area (Å²) in [4.78, 5) is 16.4. The number of pyridine rings is 1. The lowest BCUT2D eigenvalue weighted by Gasteiger charge is -2.10. The maximum absolute atomic E-state index is 12.1. The van der Waals surface area contributed by atoms with Crippen molar-refractivity contribution >= 4 is 34.1 Å². The van der Waals surface area contributed by atoms with Gasteiger partial charge in [-0.25, -0.2) is 0 Å². The van der Waals surface area contributed by atoms with Crippen molar-refractivity contribution in [3.63, 3.8) is 0 Å². The van der Waals surface area contributed by atoms with E-state index in [0.29, 0.717) is 16.5 Å². The van der Waals surface area contributed by atoms with Crippen molar-refractivity contribution < 1.29 is 14.3 Å². The Balaban J connectivity index is 1.66. The van der Waals surface area contributed by atoms with Gasteiger partial charge in [-0.05, 0) is 48.5 Å². The molecule has 0 spiro atoms. The van der Waals surface area contributed by atoms with E-state index in [4.69, 9.17) is 21.1 Å². The van der Waals surface area contributed by atoms with Crippen LogP contribution in [0.4, 0.5) is 5.69 Å². The zero-order valence-electron chi connectivity index (χ0n) is 13.0. The molecule has 3 aromatic rings. The molecule has 24 heavy (non-hydrogen) atoms. The van der Waals surface area contributed by atoms with Gasteiger partial charge in [-0.15, -0.1) is 0 Å². The molecule has 2 aromatic carbocycles. The lowest BCUT2D eigenvalue weighted by molar-refractivity contribution is -0.118. The number of nitrogens with one attached hydrogen (secondary N) is 1. The Morgan fingerprint density at radius 2 is 1.88 bits per heavy atom. The summed E-state index contributed by atoms with van der Waals surface area (Å²) in [7, 11) is 1.59. The van der Waals surface area contributed by atoms with E-state index in [1.165, 1.54) is 0 Å². The van der Waals surface area contributed by atoms with Gasteiger partial charge in [0, 0.05) is 16.6 Å². The van der Waals surface area contributed by atoms with Gasteiger partial charge in [0.15, 0.2) is 6.61 Å². The first-order chi connectivity index (χ1) is 11.7. The molecule has 3 rings (SSSR count). The van der Waals surface area contributed by atoms with E-state index in [1.807, 2.05) is 6.07 Å². The average molecular weight is 343 g/mol. The van der Waals surface area contributed by atoms with Crippen LogP contribution in [0, 0.1) is 0 Å². The van der Waals surface area contributed by atoms with Crippen LogP contribution in [0.15, 0.2) is 54.7 Å². The first-order valence-electron chi connectivity index (χ1n) is 7.27. The fourth-order valence-electron chi connectivity index (χ4n) is 2.24. The quantitative estimate of drug-likeness (QED) is 0.763. The largest absolute Gasteiger partial charge is 0.497 e. The molecule has 122 valence electrons. The number of anilines is 1. The molecule has 0 aliphatic rings. The molecule has 5 nitrogen and oxygen atoms in total. The Kier molecular flexibility index (Phi) is 4.82. The van der Waals surface area contributed by atoms with Gasteiger partial charge in [0.05, 0.1) is 18.3 Å². The highest BCUT2D eigenvalue weighted by atomic mass is 35.5. The monoisotopic (exact) mass is 342 g/mol. The van der Waals surface area contributed by atoms with Crippen molar-refractivity contribution in [1.29, 1.82) is 0 Å². The Bertz CT molecular complexity index is 866. The van der Waals surface area contributed by atoms with Crippen LogP contribution in [0.1, 0.15) is 0 Å². The highest BCUT2D eigenvalue weighted by Gasteiger charge is 2.08. The predicted octanol–water partition coefficient (Wildman–Crippen LogP) is 3.91. The predicted molar refractivity (Wildman–Crippen MR) is 93.9 cm³/mol. The third kappa shape index (κ3) is 3.75. The minimum atomic E-state index is -0.256. The summed E-state index contributed by atoms with van der Waals surface area (Å²) < 4.78 is 10.5. The van der Waals surface area contributed by atoms with E-state index in [9.17, 15) is 4.79 Å². The Morgan fingerprint density at radius 3 is 2.62 bits per heavy atom. The molecule has 0 atom stereocenters. The zero-order valence-corrected chi connectivity index (χ0v) is 13.7. The minimum absolute atomic E-state index is 0.0935. The maximum Gasteiger partial charge on any atom is 0.262 e. The van der Waals surface area contributed by atoms with E-state index in [1.54, 1.807) is 55.8 Å². The number of methoxy groups -OCH3 is 1. The summed E-state index contributed by atoms with van der Waals surface area (Å²) in [5.74, 6) is 1.07. The number of halogens is 1. The molecule has 1 N–H and O–H groups in total. The average Bonchev–Trinajstić information content (AvgIpc) is 2.60. The van der Waals surface area contributed by atoms with Crippen LogP contribution in [0.2, 0.25) is 5.02 Å².